The maximum atomic E-state index is 3.41. The van der Waals surface area contributed by atoms with E-state index in [0.29, 0.717) is 0 Å². The zero-order chi connectivity index (χ0) is 8.10. The molecule has 0 aliphatic carbocycles. The highest BCUT2D eigenvalue weighted by Crippen LogP contribution is 2.23. The largest absolute Gasteiger partial charge is 0.124 e. The summed E-state index contributed by atoms with van der Waals surface area (Å²) < 4.78 is 1.34. The fourth-order valence-electron chi connectivity index (χ4n) is 0.710. The van der Waals surface area contributed by atoms with E-state index in [2.05, 4.69) is 62.8 Å². The van der Waals surface area contributed by atoms with E-state index in [1.165, 1.54) is 8.47 Å². The number of hydrogen-bond donors (Lipinski definition) is 0. The molecule has 60 valence electrons. The summed E-state index contributed by atoms with van der Waals surface area (Å²) in [5.41, 5.74) is 0. The Morgan fingerprint density at radius 2 is 2.09 bits per heavy atom. The average Bonchev–Trinajstić information content (AvgIpc) is 2.03. The van der Waals surface area contributed by atoms with Crippen LogP contribution in [0.4, 0.5) is 0 Å². The smallest absolute Gasteiger partial charge is 0.0266 e. The number of thioether (sulfide) groups is 1. The fourth-order valence-corrected chi connectivity index (χ4v) is 2.73. The molecule has 0 N–H and O–H groups in total. The first-order valence-electron chi connectivity index (χ1n) is 3.28. The molecule has 0 atom stereocenters. The van der Waals surface area contributed by atoms with Gasteiger partial charge >= 0.3 is 0 Å². The molecule has 0 nitrogen and oxygen atoms in total. The highest BCUT2D eigenvalue weighted by molar-refractivity contribution is 14.1. The first kappa shape index (κ1) is 9.86. The summed E-state index contributed by atoms with van der Waals surface area (Å²) in [6, 6.07) is 8.45. The van der Waals surface area contributed by atoms with E-state index in [4.69, 9.17) is 0 Å². The third-order valence-corrected chi connectivity index (χ3v) is 4.47. The summed E-state index contributed by atoms with van der Waals surface area (Å²) in [5, 5.41) is 1.06. The Labute approximate surface area is 93.4 Å². The van der Waals surface area contributed by atoms with Crippen molar-refractivity contribution in [1.82, 2.24) is 0 Å². The Morgan fingerprint density at radius 3 is 2.73 bits per heavy atom. The van der Waals surface area contributed by atoms with Gasteiger partial charge in [-0.05, 0) is 34.7 Å². The van der Waals surface area contributed by atoms with Gasteiger partial charge in [-0.25, -0.2) is 0 Å². The zero-order valence-electron chi connectivity index (χ0n) is 5.89. The van der Waals surface area contributed by atoms with Crippen LogP contribution in [0.3, 0.4) is 0 Å². The summed E-state index contributed by atoms with van der Waals surface area (Å²) in [5.74, 6) is 1.14. The summed E-state index contributed by atoms with van der Waals surface area (Å²) >= 11 is 7.66. The van der Waals surface area contributed by atoms with Gasteiger partial charge in [0.05, 0.1) is 0 Å². The van der Waals surface area contributed by atoms with Crippen molar-refractivity contribution in [3.05, 3.63) is 27.8 Å². The van der Waals surface area contributed by atoms with Crippen LogP contribution in [-0.4, -0.2) is 11.1 Å². The predicted octanol–water partition coefficient (Wildman–Crippen LogP) is 3.78. The topological polar surface area (TPSA) is 0 Å². The van der Waals surface area contributed by atoms with E-state index in [1.807, 2.05) is 11.8 Å². The second kappa shape index (κ2) is 5.43. The molecular formula is C8H8BrIS. The lowest BCUT2D eigenvalue weighted by Crippen LogP contribution is -1.81. The number of alkyl halides is 1. The first-order chi connectivity index (χ1) is 5.34. The molecule has 0 amide bonds. The van der Waals surface area contributed by atoms with Gasteiger partial charge in [-0.1, -0.05) is 28.1 Å². The van der Waals surface area contributed by atoms with Crippen molar-refractivity contribution in [2.45, 2.75) is 4.90 Å². The standard InChI is InChI=1S/C8H8BrIS/c9-5-6-11-8-4-2-1-3-7(8)10/h1-4H,5-6H2. The lowest BCUT2D eigenvalue weighted by Gasteiger charge is -2.00. The molecule has 0 saturated heterocycles. The Hall–Kier alpha value is 0.780. The second-order valence-electron chi connectivity index (χ2n) is 1.97. The van der Waals surface area contributed by atoms with Crippen LogP contribution in [-0.2, 0) is 0 Å². The average molecular weight is 343 g/mol. The quantitative estimate of drug-likeness (QED) is 0.457. The number of rotatable bonds is 3. The molecule has 0 aromatic heterocycles. The van der Waals surface area contributed by atoms with Crippen molar-refractivity contribution in [2.75, 3.05) is 11.1 Å². The van der Waals surface area contributed by atoms with Crippen LogP contribution in [0.2, 0.25) is 0 Å². The van der Waals surface area contributed by atoms with Gasteiger partial charge in [-0.15, -0.1) is 11.8 Å². The molecule has 0 fully saturated rings. The number of benzene rings is 1. The maximum Gasteiger partial charge on any atom is 0.0266 e. The molecule has 1 aromatic rings. The first-order valence-corrected chi connectivity index (χ1v) is 6.46. The summed E-state index contributed by atoms with van der Waals surface area (Å²) in [4.78, 5) is 1.38. The van der Waals surface area contributed by atoms with E-state index in [1.54, 1.807) is 0 Å². The minimum Gasteiger partial charge on any atom is -0.124 e. The van der Waals surface area contributed by atoms with Gasteiger partial charge in [-0.2, -0.15) is 0 Å². The highest BCUT2D eigenvalue weighted by atomic mass is 127. The third kappa shape index (κ3) is 3.34. The van der Waals surface area contributed by atoms with Crippen LogP contribution in [0.1, 0.15) is 0 Å². The van der Waals surface area contributed by atoms with Crippen LogP contribution in [0.15, 0.2) is 29.2 Å². The van der Waals surface area contributed by atoms with Gasteiger partial charge in [0.25, 0.3) is 0 Å². The minimum atomic E-state index is 1.06. The van der Waals surface area contributed by atoms with Gasteiger partial charge in [0.2, 0.25) is 0 Å². The predicted molar refractivity (Wildman–Crippen MR) is 63.7 cm³/mol. The van der Waals surface area contributed by atoms with Crippen LogP contribution in [0.25, 0.3) is 0 Å². The maximum absolute atomic E-state index is 3.41. The molecule has 0 saturated carbocycles. The molecule has 0 heterocycles. The van der Waals surface area contributed by atoms with Gasteiger partial charge in [0.15, 0.2) is 0 Å². The lowest BCUT2D eigenvalue weighted by molar-refractivity contribution is 1.39. The second-order valence-corrected chi connectivity index (χ2v) is 5.06. The molecule has 0 aliphatic rings. The molecule has 0 unspecified atom stereocenters. The van der Waals surface area contributed by atoms with Crippen LogP contribution < -0.4 is 0 Å². The van der Waals surface area contributed by atoms with E-state index in [9.17, 15) is 0 Å². The molecule has 0 radical (unpaired) electrons. The molecule has 0 aliphatic heterocycles. The van der Waals surface area contributed by atoms with Gasteiger partial charge in [0, 0.05) is 19.5 Å². The molecule has 11 heavy (non-hydrogen) atoms. The van der Waals surface area contributed by atoms with Gasteiger partial charge < -0.3 is 0 Å². The Kier molecular flexibility index (Phi) is 4.87. The van der Waals surface area contributed by atoms with Crippen LogP contribution in [0, 0.1) is 3.57 Å². The fraction of sp³-hybridized carbons (Fsp3) is 0.250. The number of hydrogen-bond acceptors (Lipinski definition) is 1. The summed E-state index contributed by atoms with van der Waals surface area (Å²) in [6.07, 6.45) is 0. The molecule has 0 spiro atoms. The van der Waals surface area contributed by atoms with Crippen LogP contribution >= 0.6 is 50.3 Å². The van der Waals surface area contributed by atoms with Crippen molar-refractivity contribution >= 4 is 50.3 Å². The number of halogens is 2. The normalized spacial score (nSPS) is 10.0. The third-order valence-electron chi connectivity index (χ3n) is 1.17. The highest BCUT2D eigenvalue weighted by Gasteiger charge is 1.96. The van der Waals surface area contributed by atoms with Gasteiger partial charge in [0.1, 0.15) is 0 Å². The molecular weight excluding hydrogens is 335 g/mol. The van der Waals surface area contributed by atoms with Gasteiger partial charge in [-0.3, -0.25) is 0 Å². The van der Waals surface area contributed by atoms with Crippen molar-refractivity contribution in [2.24, 2.45) is 0 Å². The van der Waals surface area contributed by atoms with Crippen molar-refractivity contribution in [3.63, 3.8) is 0 Å². The van der Waals surface area contributed by atoms with Crippen molar-refractivity contribution in [1.29, 1.82) is 0 Å². The van der Waals surface area contributed by atoms with E-state index >= 15 is 0 Å². The Balaban J connectivity index is 2.62. The Morgan fingerprint density at radius 1 is 1.36 bits per heavy atom. The monoisotopic (exact) mass is 342 g/mol. The molecule has 1 aromatic carbocycles. The molecule has 3 heteroatoms. The summed E-state index contributed by atoms with van der Waals surface area (Å²) in [7, 11) is 0. The van der Waals surface area contributed by atoms with E-state index in [-0.39, 0.29) is 0 Å². The van der Waals surface area contributed by atoms with E-state index in [0.717, 1.165) is 11.1 Å². The Bertz CT molecular complexity index is 227. The molecule has 1 rings (SSSR count). The van der Waals surface area contributed by atoms with Crippen LogP contribution in [0.5, 0.6) is 0 Å². The lowest BCUT2D eigenvalue weighted by atomic mass is 10.4. The SMILES string of the molecule is BrCCSc1ccccc1I. The van der Waals surface area contributed by atoms with Crippen molar-refractivity contribution in [3.8, 4) is 0 Å². The zero-order valence-corrected chi connectivity index (χ0v) is 10.4. The minimum absolute atomic E-state index is 1.06. The van der Waals surface area contributed by atoms with Crippen molar-refractivity contribution < 1.29 is 0 Å². The van der Waals surface area contributed by atoms with E-state index < -0.39 is 0 Å². The summed E-state index contributed by atoms with van der Waals surface area (Å²) in [6.45, 7) is 0. The molecule has 0 bridgehead atoms.